The Kier molecular flexibility index (Phi) is 4.42. The number of pyridine rings is 1. The highest BCUT2D eigenvalue weighted by molar-refractivity contribution is 5.70. The van der Waals surface area contributed by atoms with Gasteiger partial charge in [-0.25, -0.2) is 18.0 Å². The second-order valence-electron chi connectivity index (χ2n) is 5.53. The van der Waals surface area contributed by atoms with Crippen molar-refractivity contribution < 1.29 is 22.7 Å². The van der Waals surface area contributed by atoms with Gasteiger partial charge >= 0.3 is 6.09 Å². The van der Waals surface area contributed by atoms with Gasteiger partial charge in [-0.2, -0.15) is 0 Å². The van der Waals surface area contributed by atoms with Crippen molar-refractivity contribution in [3.63, 3.8) is 0 Å². The third-order valence-corrected chi connectivity index (χ3v) is 4.07. The molecule has 24 heavy (non-hydrogen) atoms. The second kappa shape index (κ2) is 6.51. The Morgan fingerprint density at radius 1 is 1.21 bits per heavy atom. The van der Waals surface area contributed by atoms with Crippen LogP contribution >= 0.6 is 0 Å². The van der Waals surface area contributed by atoms with Gasteiger partial charge in [0, 0.05) is 18.0 Å². The maximum atomic E-state index is 13.4. The minimum Gasteiger partial charge on any atom is -0.448 e. The van der Waals surface area contributed by atoms with Gasteiger partial charge in [0.15, 0.2) is 0 Å². The van der Waals surface area contributed by atoms with Crippen LogP contribution in [0.4, 0.5) is 18.0 Å². The summed E-state index contributed by atoms with van der Waals surface area (Å²) < 4.78 is 44.1. The van der Waals surface area contributed by atoms with Gasteiger partial charge < -0.3 is 4.74 Å². The maximum absolute atomic E-state index is 13.4. The summed E-state index contributed by atoms with van der Waals surface area (Å²) in [7, 11) is 0. The largest absolute Gasteiger partial charge is 0.448 e. The smallest absolute Gasteiger partial charge is 0.410 e. The summed E-state index contributed by atoms with van der Waals surface area (Å²) in [6, 6.07) is 5.06. The van der Waals surface area contributed by atoms with E-state index < -0.39 is 23.9 Å². The lowest BCUT2D eigenvalue weighted by Gasteiger charge is -2.22. The Morgan fingerprint density at radius 3 is 2.67 bits per heavy atom. The lowest BCUT2D eigenvalue weighted by molar-refractivity contribution is 0.146. The first-order valence-electron chi connectivity index (χ1n) is 7.43. The number of hydrogen-bond acceptors (Lipinski definition) is 3. The van der Waals surface area contributed by atoms with Crippen LogP contribution in [0, 0.1) is 5.82 Å². The molecule has 7 heteroatoms. The number of alkyl halides is 2. The van der Waals surface area contributed by atoms with Crippen LogP contribution in [0.15, 0.2) is 36.7 Å². The van der Waals surface area contributed by atoms with E-state index >= 15 is 0 Å². The van der Waals surface area contributed by atoms with Crippen molar-refractivity contribution in [3.8, 4) is 11.1 Å². The Hall–Kier alpha value is -2.57. The number of benzene rings is 1. The number of rotatable bonds is 4. The Labute approximate surface area is 136 Å². The molecule has 4 nitrogen and oxygen atoms in total. The molecule has 0 saturated carbocycles. The Bertz CT molecular complexity index is 767. The van der Waals surface area contributed by atoms with E-state index in [0.29, 0.717) is 24.3 Å². The number of aromatic nitrogens is 1. The number of amides is 1. The first-order valence-corrected chi connectivity index (χ1v) is 7.43. The molecule has 0 unspecified atom stereocenters. The van der Waals surface area contributed by atoms with Crippen molar-refractivity contribution in [2.24, 2.45) is 0 Å². The molecule has 0 aliphatic carbocycles. The first kappa shape index (κ1) is 16.3. The van der Waals surface area contributed by atoms with Crippen molar-refractivity contribution in [2.75, 3.05) is 13.2 Å². The summed E-state index contributed by atoms with van der Waals surface area (Å²) in [5.41, 5.74) is 1.12. The molecule has 1 aliphatic rings. The minimum absolute atomic E-state index is 0.262. The van der Waals surface area contributed by atoms with Crippen LogP contribution in [0.3, 0.4) is 0 Å². The van der Waals surface area contributed by atoms with Crippen molar-refractivity contribution in [2.45, 2.75) is 19.4 Å². The Morgan fingerprint density at radius 2 is 2.00 bits per heavy atom. The fourth-order valence-corrected chi connectivity index (χ4v) is 2.67. The number of cyclic esters (lactones) is 1. The molecular formula is C17H15F3N2O2. The molecule has 0 radical (unpaired) electrons. The molecule has 3 rings (SSSR count). The molecule has 0 spiro atoms. The minimum atomic E-state index is -2.89. The van der Waals surface area contributed by atoms with E-state index in [-0.39, 0.29) is 6.04 Å². The third-order valence-electron chi connectivity index (χ3n) is 4.07. The Balaban J connectivity index is 1.93. The highest BCUT2D eigenvalue weighted by atomic mass is 19.3. The van der Waals surface area contributed by atoms with Crippen molar-refractivity contribution in [3.05, 3.63) is 53.6 Å². The van der Waals surface area contributed by atoms with Gasteiger partial charge in [-0.05, 0) is 36.2 Å². The summed E-state index contributed by atoms with van der Waals surface area (Å²) >= 11 is 0. The van der Waals surface area contributed by atoms with Crippen molar-refractivity contribution in [1.29, 1.82) is 0 Å². The van der Waals surface area contributed by atoms with E-state index in [1.807, 2.05) is 6.92 Å². The van der Waals surface area contributed by atoms with Crippen molar-refractivity contribution >= 4 is 6.09 Å². The fraction of sp³-hybridized carbons (Fsp3) is 0.294. The van der Waals surface area contributed by atoms with Gasteiger partial charge in [0.1, 0.15) is 12.4 Å². The van der Waals surface area contributed by atoms with Gasteiger partial charge in [0.25, 0.3) is 6.43 Å². The molecule has 1 atom stereocenters. The maximum Gasteiger partial charge on any atom is 0.410 e. The molecule has 1 aromatic heterocycles. The first-order chi connectivity index (χ1) is 11.5. The number of carbonyl (C=O) groups excluding carboxylic acids is 1. The zero-order valence-corrected chi connectivity index (χ0v) is 12.9. The lowest BCUT2D eigenvalue weighted by Crippen LogP contribution is -2.27. The number of halogens is 3. The van der Waals surface area contributed by atoms with Crippen LogP contribution in [0.2, 0.25) is 0 Å². The van der Waals surface area contributed by atoms with E-state index in [1.165, 1.54) is 12.3 Å². The molecule has 1 saturated heterocycles. The molecule has 2 heterocycles. The van der Waals surface area contributed by atoms with Crippen LogP contribution in [0.1, 0.15) is 30.5 Å². The summed E-state index contributed by atoms with van der Waals surface area (Å²) in [5.74, 6) is -0.939. The monoisotopic (exact) mass is 336 g/mol. The summed E-state index contributed by atoms with van der Waals surface area (Å²) in [6.07, 6.45) is -0.160. The average Bonchev–Trinajstić information content (AvgIpc) is 3.00. The number of carbonyl (C=O) groups is 1. The summed E-state index contributed by atoms with van der Waals surface area (Å²) in [4.78, 5) is 17.3. The normalized spacial score (nSPS) is 15.7. The highest BCUT2D eigenvalue weighted by Crippen LogP contribution is 2.30. The molecular weight excluding hydrogens is 321 g/mol. The number of nitrogens with zero attached hydrogens (tertiary/aromatic N) is 2. The molecule has 1 aromatic carbocycles. The third kappa shape index (κ3) is 3.06. The average molecular weight is 336 g/mol. The van der Waals surface area contributed by atoms with Gasteiger partial charge in [0.2, 0.25) is 0 Å². The lowest BCUT2D eigenvalue weighted by atomic mass is 10.0. The molecule has 126 valence electrons. The van der Waals surface area contributed by atoms with E-state index in [0.717, 1.165) is 17.7 Å². The molecule has 1 aliphatic heterocycles. The van der Waals surface area contributed by atoms with Crippen LogP contribution in [0.25, 0.3) is 11.1 Å². The molecule has 2 aromatic rings. The fourth-order valence-electron chi connectivity index (χ4n) is 2.67. The van der Waals surface area contributed by atoms with Crippen LogP contribution in [0.5, 0.6) is 0 Å². The molecule has 0 N–H and O–H groups in total. The number of hydrogen-bond donors (Lipinski definition) is 0. The van der Waals surface area contributed by atoms with Gasteiger partial charge in [0.05, 0.1) is 18.2 Å². The van der Waals surface area contributed by atoms with E-state index in [1.54, 1.807) is 17.2 Å². The van der Waals surface area contributed by atoms with Gasteiger partial charge in [-0.15, -0.1) is 0 Å². The van der Waals surface area contributed by atoms with Gasteiger partial charge in [-0.3, -0.25) is 9.88 Å². The standard InChI is InChI=1S/C17H15F3N2O2/c1-10(22-4-5-24-17(22)23)12-6-13(9-21-8-12)11-2-3-15(18)14(7-11)16(19)20/h2-3,6-10,16H,4-5H2,1H3/t10-/m1/s1. The van der Waals surface area contributed by atoms with E-state index in [2.05, 4.69) is 4.98 Å². The van der Waals surface area contributed by atoms with Crippen LogP contribution < -0.4 is 0 Å². The predicted octanol–water partition coefficient (Wildman–Crippen LogP) is 4.34. The van der Waals surface area contributed by atoms with Crippen LogP contribution in [-0.2, 0) is 4.74 Å². The van der Waals surface area contributed by atoms with Crippen LogP contribution in [-0.4, -0.2) is 29.1 Å². The van der Waals surface area contributed by atoms with E-state index in [4.69, 9.17) is 4.74 Å². The summed E-state index contributed by atoms with van der Waals surface area (Å²) in [6.45, 7) is 2.66. The molecule has 1 fully saturated rings. The molecule has 0 bridgehead atoms. The quantitative estimate of drug-likeness (QED) is 0.834. The van der Waals surface area contributed by atoms with Gasteiger partial charge in [-0.1, -0.05) is 6.07 Å². The van der Waals surface area contributed by atoms with Crippen molar-refractivity contribution in [1.82, 2.24) is 9.88 Å². The number of ether oxygens (including phenoxy) is 1. The topological polar surface area (TPSA) is 42.4 Å². The highest BCUT2D eigenvalue weighted by Gasteiger charge is 2.28. The molecule has 1 amide bonds. The summed E-state index contributed by atoms with van der Waals surface area (Å²) in [5, 5.41) is 0. The zero-order chi connectivity index (χ0) is 17.3. The van der Waals surface area contributed by atoms with E-state index in [9.17, 15) is 18.0 Å². The second-order valence-corrected chi connectivity index (χ2v) is 5.53. The SMILES string of the molecule is C[C@H](c1cncc(-c2ccc(F)c(C(F)F)c2)c1)N1CCOC1=O. The predicted molar refractivity (Wildman–Crippen MR) is 81.1 cm³/mol. The zero-order valence-electron chi connectivity index (χ0n) is 12.9.